The van der Waals surface area contributed by atoms with Gasteiger partial charge in [0.25, 0.3) is 0 Å². The third-order valence-electron chi connectivity index (χ3n) is 2.34. The van der Waals surface area contributed by atoms with Crippen molar-refractivity contribution in [2.75, 3.05) is 5.73 Å². The lowest BCUT2D eigenvalue weighted by molar-refractivity contribution is 0.306. The summed E-state index contributed by atoms with van der Waals surface area (Å²) < 4.78 is 5.53. The van der Waals surface area contributed by atoms with E-state index in [0.29, 0.717) is 23.1 Å². The maximum Gasteiger partial charge on any atom is 0.120 e. The molecule has 0 spiro atoms. The van der Waals surface area contributed by atoms with Crippen LogP contribution in [0.5, 0.6) is 11.5 Å². The molecule has 0 saturated carbocycles. The summed E-state index contributed by atoms with van der Waals surface area (Å²) in [5.74, 6) is 0.889. The summed E-state index contributed by atoms with van der Waals surface area (Å²) in [6.07, 6.45) is 0. The number of ether oxygens (including phenoxy) is 1. The van der Waals surface area contributed by atoms with Crippen LogP contribution in [0.15, 0.2) is 42.5 Å². The topological polar surface area (TPSA) is 55.5 Å². The Kier molecular flexibility index (Phi) is 3.40. The number of benzene rings is 2. The van der Waals surface area contributed by atoms with Crippen molar-refractivity contribution in [3.05, 3.63) is 53.1 Å². The summed E-state index contributed by atoms with van der Waals surface area (Å²) in [4.78, 5) is 0. The van der Waals surface area contributed by atoms with E-state index in [0.717, 1.165) is 5.56 Å². The molecule has 0 aliphatic heterocycles. The van der Waals surface area contributed by atoms with Crippen molar-refractivity contribution < 1.29 is 9.84 Å². The summed E-state index contributed by atoms with van der Waals surface area (Å²) in [7, 11) is 0. The summed E-state index contributed by atoms with van der Waals surface area (Å²) in [6.45, 7) is 0.369. The van der Waals surface area contributed by atoms with Crippen molar-refractivity contribution in [1.29, 1.82) is 0 Å². The highest BCUT2D eigenvalue weighted by Gasteiger charge is 2.01. The molecule has 0 amide bonds. The van der Waals surface area contributed by atoms with Crippen LogP contribution >= 0.6 is 11.6 Å². The molecule has 0 fully saturated rings. The first-order valence-electron chi connectivity index (χ1n) is 5.11. The van der Waals surface area contributed by atoms with E-state index in [1.807, 2.05) is 6.07 Å². The molecule has 0 heterocycles. The third kappa shape index (κ3) is 3.04. The summed E-state index contributed by atoms with van der Waals surface area (Å²) >= 11 is 5.80. The Morgan fingerprint density at radius 3 is 2.47 bits per heavy atom. The van der Waals surface area contributed by atoms with E-state index in [-0.39, 0.29) is 5.75 Å². The van der Waals surface area contributed by atoms with Gasteiger partial charge < -0.3 is 15.6 Å². The molecule has 3 nitrogen and oxygen atoms in total. The van der Waals surface area contributed by atoms with Crippen molar-refractivity contribution >= 4 is 17.3 Å². The number of anilines is 1. The molecule has 4 heteroatoms. The maximum atomic E-state index is 9.13. The Hall–Kier alpha value is -1.87. The van der Waals surface area contributed by atoms with Crippen molar-refractivity contribution in [2.24, 2.45) is 0 Å². The van der Waals surface area contributed by atoms with E-state index in [4.69, 9.17) is 27.2 Å². The lowest BCUT2D eigenvalue weighted by Gasteiger charge is -2.08. The van der Waals surface area contributed by atoms with Crippen LogP contribution in [0.25, 0.3) is 0 Å². The second-order valence-corrected chi connectivity index (χ2v) is 4.06. The van der Waals surface area contributed by atoms with Crippen LogP contribution in [0, 0.1) is 0 Å². The second-order valence-electron chi connectivity index (χ2n) is 3.63. The largest absolute Gasteiger partial charge is 0.508 e. The Labute approximate surface area is 104 Å². The SMILES string of the molecule is Nc1cc(Cl)ccc1COc1ccc(O)cc1. The molecule has 88 valence electrons. The van der Waals surface area contributed by atoms with E-state index in [1.165, 1.54) is 0 Å². The number of nitrogens with two attached hydrogens (primary N) is 1. The van der Waals surface area contributed by atoms with Gasteiger partial charge in [-0.25, -0.2) is 0 Å². The number of nitrogen functional groups attached to an aromatic ring is 1. The van der Waals surface area contributed by atoms with E-state index in [1.54, 1.807) is 36.4 Å². The average Bonchev–Trinajstić information content (AvgIpc) is 2.30. The number of hydrogen-bond donors (Lipinski definition) is 2. The number of phenolic OH excluding ortho intramolecular Hbond substituents is 1. The van der Waals surface area contributed by atoms with Crippen LogP contribution < -0.4 is 10.5 Å². The van der Waals surface area contributed by atoms with Crippen LogP contribution in [-0.4, -0.2) is 5.11 Å². The van der Waals surface area contributed by atoms with Gasteiger partial charge in [-0.05, 0) is 36.4 Å². The van der Waals surface area contributed by atoms with Crippen LogP contribution in [0.4, 0.5) is 5.69 Å². The van der Waals surface area contributed by atoms with Crippen LogP contribution in [0.2, 0.25) is 5.02 Å². The zero-order chi connectivity index (χ0) is 12.3. The lowest BCUT2D eigenvalue weighted by Crippen LogP contribution is -1.99. The molecule has 3 N–H and O–H groups in total. The van der Waals surface area contributed by atoms with E-state index in [9.17, 15) is 0 Å². The highest BCUT2D eigenvalue weighted by atomic mass is 35.5. The Morgan fingerprint density at radius 2 is 1.82 bits per heavy atom. The molecular weight excluding hydrogens is 238 g/mol. The summed E-state index contributed by atoms with van der Waals surface area (Å²) in [5.41, 5.74) is 7.29. The fourth-order valence-electron chi connectivity index (χ4n) is 1.40. The van der Waals surface area contributed by atoms with Gasteiger partial charge >= 0.3 is 0 Å². The fourth-order valence-corrected chi connectivity index (χ4v) is 1.58. The quantitative estimate of drug-likeness (QED) is 0.822. The highest BCUT2D eigenvalue weighted by molar-refractivity contribution is 6.30. The van der Waals surface area contributed by atoms with Gasteiger partial charge in [0.05, 0.1) is 0 Å². The van der Waals surface area contributed by atoms with Gasteiger partial charge in [0.15, 0.2) is 0 Å². The molecule has 2 aromatic carbocycles. The first-order chi connectivity index (χ1) is 8.15. The van der Waals surface area contributed by atoms with E-state index in [2.05, 4.69) is 0 Å². The van der Waals surface area contributed by atoms with Gasteiger partial charge in [-0.3, -0.25) is 0 Å². The van der Waals surface area contributed by atoms with Crippen molar-refractivity contribution in [1.82, 2.24) is 0 Å². The second kappa shape index (κ2) is 4.97. The minimum absolute atomic E-state index is 0.211. The predicted molar refractivity (Wildman–Crippen MR) is 68.3 cm³/mol. The van der Waals surface area contributed by atoms with Crippen molar-refractivity contribution in [2.45, 2.75) is 6.61 Å². The molecule has 0 atom stereocenters. The van der Waals surface area contributed by atoms with Gasteiger partial charge in [-0.1, -0.05) is 17.7 Å². The molecule has 0 radical (unpaired) electrons. The highest BCUT2D eigenvalue weighted by Crippen LogP contribution is 2.21. The molecule has 0 saturated heterocycles. The van der Waals surface area contributed by atoms with Gasteiger partial charge in [-0.2, -0.15) is 0 Å². The molecule has 0 aromatic heterocycles. The van der Waals surface area contributed by atoms with Crippen LogP contribution in [0.1, 0.15) is 5.56 Å². The monoisotopic (exact) mass is 249 g/mol. The first-order valence-corrected chi connectivity index (χ1v) is 5.48. The normalized spacial score (nSPS) is 10.2. The molecule has 0 unspecified atom stereocenters. The first kappa shape index (κ1) is 11.6. The zero-order valence-electron chi connectivity index (χ0n) is 9.06. The fraction of sp³-hybridized carbons (Fsp3) is 0.0769. The average molecular weight is 250 g/mol. The zero-order valence-corrected chi connectivity index (χ0v) is 9.82. The third-order valence-corrected chi connectivity index (χ3v) is 2.57. The number of rotatable bonds is 3. The van der Waals surface area contributed by atoms with Crippen molar-refractivity contribution in [3.8, 4) is 11.5 Å². The standard InChI is InChI=1S/C13H12ClNO2/c14-10-2-1-9(13(15)7-10)8-17-12-5-3-11(16)4-6-12/h1-7,16H,8,15H2. The molecule has 0 aliphatic carbocycles. The van der Waals surface area contributed by atoms with Gasteiger partial charge in [-0.15, -0.1) is 0 Å². The van der Waals surface area contributed by atoms with Gasteiger partial charge in [0.1, 0.15) is 18.1 Å². The Morgan fingerprint density at radius 1 is 1.12 bits per heavy atom. The minimum Gasteiger partial charge on any atom is -0.508 e. The lowest BCUT2D eigenvalue weighted by atomic mass is 10.2. The minimum atomic E-state index is 0.211. The van der Waals surface area contributed by atoms with Crippen molar-refractivity contribution in [3.63, 3.8) is 0 Å². The Bertz CT molecular complexity index is 511. The van der Waals surface area contributed by atoms with Crippen LogP contribution in [-0.2, 0) is 6.61 Å². The molecule has 2 rings (SSSR count). The number of phenols is 1. The Balaban J connectivity index is 2.04. The number of halogens is 1. The molecule has 17 heavy (non-hydrogen) atoms. The van der Waals surface area contributed by atoms with E-state index < -0.39 is 0 Å². The molecule has 0 bridgehead atoms. The maximum absolute atomic E-state index is 9.13. The predicted octanol–water partition coefficient (Wildman–Crippen LogP) is 3.21. The van der Waals surface area contributed by atoms with Gasteiger partial charge in [0.2, 0.25) is 0 Å². The summed E-state index contributed by atoms with van der Waals surface area (Å²) in [5, 5.41) is 9.73. The molecule has 0 aliphatic rings. The molecule has 2 aromatic rings. The summed E-state index contributed by atoms with van der Waals surface area (Å²) in [6, 6.07) is 11.8. The van der Waals surface area contributed by atoms with Crippen LogP contribution in [0.3, 0.4) is 0 Å². The number of hydrogen-bond acceptors (Lipinski definition) is 3. The number of aromatic hydroxyl groups is 1. The van der Waals surface area contributed by atoms with Gasteiger partial charge in [0, 0.05) is 16.3 Å². The smallest absolute Gasteiger partial charge is 0.120 e. The van der Waals surface area contributed by atoms with E-state index >= 15 is 0 Å². The molecular formula is C13H12ClNO2.